The molecule has 0 aliphatic rings. The van der Waals surface area contributed by atoms with Crippen LogP contribution in [0.4, 0.5) is 19.2 Å². The molecular formula is C105H108Ir2N10O20. The molecule has 0 fully saturated rings. The van der Waals surface area contributed by atoms with Crippen LogP contribution in [0.15, 0.2) is 280 Å². The summed E-state index contributed by atoms with van der Waals surface area (Å²) in [5, 5.41) is 10.1. The van der Waals surface area contributed by atoms with E-state index < -0.39 is 47.1 Å². The van der Waals surface area contributed by atoms with Crippen molar-refractivity contribution in [2.24, 2.45) is 10.8 Å². The van der Waals surface area contributed by atoms with Crippen molar-refractivity contribution in [2.45, 2.75) is 102 Å². The Kier molecular flexibility index (Phi) is 52.0. The molecule has 12 aromatic rings. The van der Waals surface area contributed by atoms with Crippen molar-refractivity contribution in [3.63, 3.8) is 0 Å². The number of nitrogens with zero attached hydrogens (tertiary/aromatic N) is 6. The van der Waals surface area contributed by atoms with Crippen molar-refractivity contribution < 1.29 is 136 Å². The topological polar surface area (TPSA) is 388 Å². The van der Waals surface area contributed by atoms with Gasteiger partial charge in [-0.1, -0.05) is 121 Å². The third-order valence-electron chi connectivity index (χ3n) is 18.2. The number of pyridine rings is 6. The maximum atomic E-state index is 11.9. The van der Waals surface area contributed by atoms with E-state index in [0.717, 1.165) is 67.5 Å². The third-order valence-corrected chi connectivity index (χ3v) is 18.2. The molecule has 0 radical (unpaired) electrons. The summed E-state index contributed by atoms with van der Waals surface area (Å²) in [5.74, 6) is 0.489. The maximum Gasteiger partial charge on any atom is 3.00 e. The molecule has 32 heteroatoms. The van der Waals surface area contributed by atoms with Gasteiger partial charge in [-0.15, -0.1) is 179 Å². The molecule has 12 rings (SSSR count). The minimum atomic E-state index is -0.639. The normalized spacial score (nSPS) is 10.1. The Balaban J connectivity index is 0.000000344. The van der Waals surface area contributed by atoms with E-state index in [1.165, 1.54) is 0 Å². The molecule has 6 aromatic heterocycles. The van der Waals surface area contributed by atoms with Crippen LogP contribution in [0.25, 0.3) is 67.5 Å². The summed E-state index contributed by atoms with van der Waals surface area (Å²) in [6.45, 7) is 25.6. The summed E-state index contributed by atoms with van der Waals surface area (Å²) in [6, 6.07) is 82.0. The van der Waals surface area contributed by atoms with Crippen LogP contribution in [0.3, 0.4) is 0 Å². The van der Waals surface area contributed by atoms with Crippen molar-refractivity contribution in [1.82, 2.24) is 51.2 Å². The van der Waals surface area contributed by atoms with Crippen LogP contribution in [-0.4, -0.2) is 143 Å². The minimum absolute atomic E-state index is 0. The van der Waals surface area contributed by atoms with Crippen LogP contribution in [0.2, 0.25) is 0 Å². The predicted octanol–water partition coefficient (Wildman–Crippen LogP) is 19.1. The van der Waals surface area contributed by atoms with Crippen LogP contribution in [0.5, 0.6) is 34.5 Å². The predicted molar refractivity (Wildman–Crippen MR) is 507 cm³/mol. The number of rotatable bonds is 32. The molecule has 6 heterocycles. The maximum absolute atomic E-state index is 11.9. The molecule has 0 aliphatic carbocycles. The van der Waals surface area contributed by atoms with Crippen LogP contribution < -0.4 is 49.7 Å². The number of hydrogen-bond acceptors (Lipinski definition) is 26. The number of hydrogen-bond donors (Lipinski definition) is 4. The Bertz CT molecular complexity index is 5440. The summed E-state index contributed by atoms with van der Waals surface area (Å²) in [7, 11) is 0. The van der Waals surface area contributed by atoms with Crippen molar-refractivity contribution >= 4 is 60.2 Å². The van der Waals surface area contributed by atoms with Gasteiger partial charge in [-0.2, -0.15) is 0 Å². The molecular weight excluding hydrogens is 2110 g/mol. The van der Waals surface area contributed by atoms with Gasteiger partial charge in [-0.05, 0) is 125 Å². The molecule has 0 atom stereocenters. The molecule has 716 valence electrons. The van der Waals surface area contributed by atoms with Crippen molar-refractivity contribution in [1.29, 1.82) is 0 Å². The fourth-order valence-corrected chi connectivity index (χ4v) is 10.2. The summed E-state index contributed by atoms with van der Waals surface area (Å²) in [6.07, 6.45) is 9.73. The fraction of sp³-hybridized carbons (Fsp3) is 0.238. The molecule has 0 saturated carbocycles. The van der Waals surface area contributed by atoms with Gasteiger partial charge in [0.2, 0.25) is 0 Å². The molecule has 0 bridgehead atoms. The van der Waals surface area contributed by atoms with E-state index in [4.69, 9.17) is 47.4 Å². The third kappa shape index (κ3) is 43.2. The molecule has 4 amide bonds. The average Bonchev–Trinajstić information content (AvgIpc) is 0.876. The zero-order chi connectivity index (χ0) is 96.9. The number of amides is 4. The smallest absolute Gasteiger partial charge is 0.463 e. The zero-order valence-electron chi connectivity index (χ0n) is 76.7. The van der Waals surface area contributed by atoms with Crippen LogP contribution in [-0.2, 0) is 87.9 Å². The van der Waals surface area contributed by atoms with Gasteiger partial charge in [-0.25, -0.2) is 28.8 Å². The average molecular weight is 2210 g/mol. The van der Waals surface area contributed by atoms with Gasteiger partial charge in [-0.3, -0.25) is 19.2 Å². The Labute approximate surface area is 825 Å². The summed E-state index contributed by atoms with van der Waals surface area (Å²) in [4.78, 5) is 141. The summed E-state index contributed by atoms with van der Waals surface area (Å²) < 4.78 is 51.1. The molecule has 6 aromatic carbocycles. The number of carbonyl (C=O) groups is 10. The molecule has 137 heavy (non-hydrogen) atoms. The van der Waals surface area contributed by atoms with E-state index in [2.05, 4.69) is 101 Å². The quantitative estimate of drug-likeness (QED) is 0.00759. The number of nitrogens with one attached hydrogen (secondary N) is 4. The van der Waals surface area contributed by atoms with E-state index in [9.17, 15) is 47.9 Å². The first-order valence-corrected chi connectivity index (χ1v) is 42.4. The standard InChI is InChI=1S/2C20H23N2O4.2C18H17N2O4.2C14H12NO2.CH4.2Ir/c2*1-4-20(2,3)18(23)25-13-12-22-19(24)26-16-9-7-8-15(14-16)17-10-5-6-11-21-17;2*1-13(2)17(21)23-11-10-20-18(22)24-15-7-5-6-14(12-15)16-8-3-4-9-19-16;2*1-2-14(16)17-12-7-5-6-11(10-12)13-8-3-4-9-15-13;;;/h2*5-7,9-11,14H,4,12-13H2,1-3H3,(H,22,24);2*3-5,7-9,12H,1,10-11H2,2H3,(H,20,22);2*3-5,7-10H,2H2,1H3;1H4;;/q6*-1;;2*+3. The van der Waals surface area contributed by atoms with Gasteiger partial charge in [0.05, 0.1) is 71.5 Å². The summed E-state index contributed by atoms with van der Waals surface area (Å²) in [5.41, 5.74) is 8.64. The van der Waals surface area contributed by atoms with Gasteiger partial charge < -0.3 is 98.5 Å². The molecule has 0 aliphatic heterocycles. The van der Waals surface area contributed by atoms with Crippen molar-refractivity contribution in [3.05, 3.63) is 316 Å². The second-order valence-corrected chi connectivity index (χ2v) is 29.4. The Morgan fingerprint density at radius 1 is 0.307 bits per heavy atom. The first kappa shape index (κ1) is 114. The number of benzene rings is 6. The van der Waals surface area contributed by atoms with E-state index in [1.807, 2.05) is 151 Å². The fourth-order valence-electron chi connectivity index (χ4n) is 10.2. The molecule has 0 unspecified atom stereocenters. The van der Waals surface area contributed by atoms with Crippen LogP contribution in [0.1, 0.15) is 102 Å². The minimum Gasteiger partial charge on any atom is -0.463 e. The number of carbonyl (C=O) groups excluding carboxylic acids is 10. The van der Waals surface area contributed by atoms with Crippen LogP contribution in [0, 0.1) is 47.2 Å². The Morgan fingerprint density at radius 2 is 0.504 bits per heavy atom. The SMILES string of the molecule is C.C=C(C)C(=O)OCCNC(=O)Oc1cc[c-]c(-c2ccccn2)c1.C=C(C)C(=O)OCCNC(=O)Oc1cc[c-]c(-c2ccccn2)c1.CCC(=O)Oc1cc[c-]c(-c2ccccn2)c1.CCC(=O)Oc1cc[c-]c(-c2ccccn2)c1.CCC(C)(C)C(=O)OCCNC(=O)Oc1cc[c-]c(-c2ccccn2)c1.CCC(C)(C)C(=O)OCCNC(=O)Oc1cc[c-]c(-c2ccccn2)c1.[Ir+3].[Ir+3]. The summed E-state index contributed by atoms with van der Waals surface area (Å²) >= 11 is 0. The first-order chi connectivity index (χ1) is 64.5. The van der Waals surface area contributed by atoms with Crippen molar-refractivity contribution in [2.75, 3.05) is 52.6 Å². The largest absolute Gasteiger partial charge is 3.00 e. The van der Waals surface area contributed by atoms with E-state index in [1.54, 1.807) is 174 Å². The second-order valence-electron chi connectivity index (χ2n) is 29.4. The van der Waals surface area contributed by atoms with Gasteiger partial charge in [0.15, 0.2) is 0 Å². The van der Waals surface area contributed by atoms with Gasteiger partial charge in [0, 0.05) is 61.2 Å². The number of esters is 6. The van der Waals surface area contributed by atoms with E-state index in [-0.39, 0.29) is 124 Å². The molecule has 30 nitrogen and oxygen atoms in total. The number of ether oxygens (including phenoxy) is 10. The number of aromatic nitrogens is 6. The van der Waals surface area contributed by atoms with Gasteiger partial charge >= 0.3 is 100 Å². The Morgan fingerprint density at radius 3 is 0.679 bits per heavy atom. The molecule has 0 saturated heterocycles. The monoisotopic (exact) mass is 2210 g/mol. The van der Waals surface area contributed by atoms with Crippen molar-refractivity contribution in [3.8, 4) is 102 Å². The van der Waals surface area contributed by atoms with E-state index in [0.29, 0.717) is 71.3 Å². The molecule has 0 spiro atoms. The first-order valence-electron chi connectivity index (χ1n) is 42.4. The van der Waals surface area contributed by atoms with E-state index >= 15 is 0 Å². The second kappa shape index (κ2) is 62.4. The molecule has 4 N–H and O–H groups in total. The Hall–Kier alpha value is -15.1. The van der Waals surface area contributed by atoms with Crippen LogP contribution >= 0.6 is 0 Å². The zero-order valence-corrected chi connectivity index (χ0v) is 81.5. The van der Waals surface area contributed by atoms with Gasteiger partial charge in [0.25, 0.3) is 0 Å². The van der Waals surface area contributed by atoms with Gasteiger partial charge in [0.1, 0.15) is 26.4 Å².